The number of carbonyl (C=O) groups is 2. The highest BCUT2D eigenvalue weighted by Crippen LogP contribution is 2.48. The van der Waals surface area contributed by atoms with Gasteiger partial charge in [-0.25, -0.2) is 9.59 Å². The number of methoxy groups -OCH3 is 1. The van der Waals surface area contributed by atoms with E-state index >= 15 is 0 Å². The van der Waals surface area contributed by atoms with Crippen LogP contribution in [0.1, 0.15) is 61.2 Å². The third-order valence-corrected chi connectivity index (χ3v) is 5.41. The first-order valence-corrected chi connectivity index (χ1v) is 9.33. The van der Waals surface area contributed by atoms with Crippen LogP contribution in [0, 0.1) is 5.92 Å². The molecule has 0 aliphatic heterocycles. The van der Waals surface area contributed by atoms with Crippen molar-refractivity contribution in [3.05, 3.63) is 21.9 Å². The fraction of sp³-hybridized carbons (Fsp3) is 0.667. The lowest BCUT2D eigenvalue weighted by Crippen LogP contribution is -2.40. The van der Waals surface area contributed by atoms with Crippen LogP contribution in [0.25, 0.3) is 0 Å². The summed E-state index contributed by atoms with van der Waals surface area (Å²) < 4.78 is 10.4. The van der Waals surface area contributed by atoms with Gasteiger partial charge in [0.05, 0.1) is 12.7 Å². The molecule has 2 saturated carbocycles. The second-order valence-electron chi connectivity index (χ2n) is 7.71. The fourth-order valence-corrected chi connectivity index (χ4v) is 3.90. The Kier molecular flexibility index (Phi) is 4.60. The third-order valence-electron chi connectivity index (χ3n) is 4.34. The molecule has 5 nitrogen and oxygen atoms in total. The minimum Gasteiger partial charge on any atom is -0.465 e. The Morgan fingerprint density at radius 2 is 2.04 bits per heavy atom. The summed E-state index contributed by atoms with van der Waals surface area (Å²) in [5.74, 6) is 0.615. The van der Waals surface area contributed by atoms with Crippen LogP contribution in [0.3, 0.4) is 0 Å². The SMILES string of the molecule is COC(=O)c1csc([C@@H]2C[C@H]2N(CC2CC2)C(=O)OC(C)(C)C)c1. The van der Waals surface area contributed by atoms with Gasteiger partial charge in [-0.2, -0.15) is 0 Å². The standard InChI is InChI=1S/C18H25NO4S/c1-18(2,3)23-17(21)19(9-11-5-6-11)14-8-13(14)15-7-12(10-24-15)16(20)22-4/h7,10-11,13-14H,5-6,8-9H2,1-4H3/t13-,14-/m1/s1. The van der Waals surface area contributed by atoms with Gasteiger partial charge in [0.15, 0.2) is 0 Å². The van der Waals surface area contributed by atoms with Crippen LogP contribution in [0.4, 0.5) is 4.79 Å². The second-order valence-corrected chi connectivity index (χ2v) is 8.66. The van der Waals surface area contributed by atoms with E-state index in [-0.39, 0.29) is 18.1 Å². The zero-order chi connectivity index (χ0) is 17.5. The number of nitrogens with zero attached hydrogens (tertiary/aromatic N) is 1. The van der Waals surface area contributed by atoms with E-state index in [4.69, 9.17) is 9.47 Å². The van der Waals surface area contributed by atoms with Crippen molar-refractivity contribution in [2.45, 2.75) is 57.6 Å². The topological polar surface area (TPSA) is 55.8 Å². The smallest absolute Gasteiger partial charge is 0.410 e. The van der Waals surface area contributed by atoms with Crippen LogP contribution in [0.2, 0.25) is 0 Å². The zero-order valence-electron chi connectivity index (χ0n) is 14.7. The van der Waals surface area contributed by atoms with Gasteiger partial charge in [0.2, 0.25) is 0 Å². The van der Waals surface area contributed by atoms with Crippen LogP contribution < -0.4 is 0 Å². The van der Waals surface area contributed by atoms with Crippen LogP contribution in [0.5, 0.6) is 0 Å². The quantitative estimate of drug-likeness (QED) is 0.751. The Labute approximate surface area is 146 Å². The lowest BCUT2D eigenvalue weighted by atomic mass is 10.2. The van der Waals surface area contributed by atoms with Crippen molar-refractivity contribution in [2.24, 2.45) is 5.92 Å². The lowest BCUT2D eigenvalue weighted by molar-refractivity contribution is 0.0220. The number of thiophene rings is 1. The summed E-state index contributed by atoms with van der Waals surface area (Å²) in [7, 11) is 1.39. The normalized spacial score (nSPS) is 22.8. The zero-order valence-corrected chi connectivity index (χ0v) is 15.5. The molecule has 2 fully saturated rings. The van der Waals surface area contributed by atoms with Gasteiger partial charge in [0.25, 0.3) is 0 Å². The summed E-state index contributed by atoms with van der Waals surface area (Å²) in [6.45, 7) is 6.47. The van der Waals surface area contributed by atoms with E-state index in [1.807, 2.05) is 37.1 Å². The highest BCUT2D eigenvalue weighted by molar-refractivity contribution is 7.10. The molecular formula is C18H25NO4S. The number of amides is 1. The van der Waals surface area contributed by atoms with Gasteiger partial charge in [-0.05, 0) is 52.0 Å². The first kappa shape index (κ1) is 17.3. The summed E-state index contributed by atoms with van der Waals surface area (Å²) in [5, 5.41) is 1.83. The van der Waals surface area contributed by atoms with Crippen LogP contribution in [-0.4, -0.2) is 42.3 Å². The number of hydrogen-bond acceptors (Lipinski definition) is 5. The van der Waals surface area contributed by atoms with Crippen molar-refractivity contribution in [1.82, 2.24) is 4.90 Å². The van der Waals surface area contributed by atoms with Gasteiger partial charge >= 0.3 is 12.1 Å². The summed E-state index contributed by atoms with van der Waals surface area (Å²) in [5.41, 5.74) is 0.110. The highest BCUT2D eigenvalue weighted by atomic mass is 32.1. The van der Waals surface area contributed by atoms with Crippen LogP contribution >= 0.6 is 11.3 Å². The van der Waals surface area contributed by atoms with E-state index in [9.17, 15) is 9.59 Å². The Morgan fingerprint density at radius 1 is 1.33 bits per heavy atom. The lowest BCUT2D eigenvalue weighted by Gasteiger charge is -2.28. The van der Waals surface area contributed by atoms with Crippen molar-refractivity contribution >= 4 is 23.4 Å². The Hall–Kier alpha value is -1.56. The van der Waals surface area contributed by atoms with E-state index in [0.717, 1.165) is 17.8 Å². The Morgan fingerprint density at radius 3 is 2.62 bits per heavy atom. The first-order chi connectivity index (χ1) is 11.3. The molecule has 6 heteroatoms. The number of esters is 1. The van der Waals surface area contributed by atoms with Gasteiger partial charge in [0, 0.05) is 28.8 Å². The molecule has 1 aromatic rings. The third kappa shape index (κ3) is 4.09. The van der Waals surface area contributed by atoms with Crippen molar-refractivity contribution in [1.29, 1.82) is 0 Å². The molecule has 2 atom stereocenters. The molecule has 0 radical (unpaired) electrons. The van der Waals surface area contributed by atoms with E-state index in [2.05, 4.69) is 0 Å². The predicted molar refractivity (Wildman–Crippen MR) is 92.5 cm³/mol. The molecular weight excluding hydrogens is 326 g/mol. The molecule has 1 aromatic heterocycles. The van der Waals surface area contributed by atoms with Gasteiger partial charge in [-0.1, -0.05) is 0 Å². The first-order valence-electron chi connectivity index (χ1n) is 8.45. The van der Waals surface area contributed by atoms with Gasteiger partial charge in [-0.15, -0.1) is 11.3 Å². The fourth-order valence-electron chi connectivity index (χ4n) is 2.85. The maximum absolute atomic E-state index is 12.6. The average Bonchev–Trinajstić information content (AvgIpc) is 3.41. The van der Waals surface area contributed by atoms with Crippen molar-refractivity contribution in [3.8, 4) is 0 Å². The van der Waals surface area contributed by atoms with Crippen molar-refractivity contribution in [3.63, 3.8) is 0 Å². The van der Waals surface area contributed by atoms with E-state index in [1.54, 1.807) is 11.3 Å². The molecule has 2 aliphatic carbocycles. The highest BCUT2D eigenvalue weighted by Gasteiger charge is 2.48. The molecule has 0 aromatic carbocycles. The monoisotopic (exact) mass is 351 g/mol. The maximum atomic E-state index is 12.6. The van der Waals surface area contributed by atoms with E-state index < -0.39 is 5.60 Å². The maximum Gasteiger partial charge on any atom is 0.410 e. The molecule has 2 aliphatic rings. The molecule has 0 bridgehead atoms. The Bertz CT molecular complexity index is 629. The second kappa shape index (κ2) is 6.39. The van der Waals surface area contributed by atoms with Crippen molar-refractivity contribution in [2.75, 3.05) is 13.7 Å². The molecule has 24 heavy (non-hydrogen) atoms. The van der Waals surface area contributed by atoms with Gasteiger partial charge in [0.1, 0.15) is 5.60 Å². The van der Waals surface area contributed by atoms with Crippen LogP contribution in [0.15, 0.2) is 11.4 Å². The molecule has 0 saturated heterocycles. The average molecular weight is 351 g/mol. The van der Waals surface area contributed by atoms with Gasteiger partial charge < -0.3 is 14.4 Å². The molecule has 0 unspecified atom stereocenters. The molecule has 1 heterocycles. The largest absolute Gasteiger partial charge is 0.465 e. The van der Waals surface area contributed by atoms with E-state index in [0.29, 0.717) is 17.4 Å². The molecule has 0 spiro atoms. The summed E-state index contributed by atoms with van der Waals surface area (Å²) >= 11 is 1.56. The molecule has 1 amide bonds. The number of ether oxygens (including phenoxy) is 2. The van der Waals surface area contributed by atoms with Crippen molar-refractivity contribution < 1.29 is 19.1 Å². The minimum atomic E-state index is -0.482. The predicted octanol–water partition coefficient (Wildman–Crippen LogP) is 4.04. The van der Waals surface area contributed by atoms with E-state index in [1.165, 1.54) is 20.0 Å². The number of carbonyl (C=O) groups excluding carboxylic acids is 2. The number of rotatable bonds is 5. The molecule has 3 rings (SSSR count). The number of hydrogen-bond donors (Lipinski definition) is 0. The van der Waals surface area contributed by atoms with Crippen LogP contribution in [-0.2, 0) is 9.47 Å². The van der Waals surface area contributed by atoms with Gasteiger partial charge in [-0.3, -0.25) is 0 Å². The minimum absolute atomic E-state index is 0.185. The summed E-state index contributed by atoms with van der Waals surface area (Å²) in [6, 6.07) is 2.08. The summed E-state index contributed by atoms with van der Waals surface area (Å²) in [6.07, 6.45) is 3.11. The molecule has 0 N–H and O–H groups in total. The Balaban J connectivity index is 1.67. The summed E-state index contributed by atoms with van der Waals surface area (Å²) in [4.78, 5) is 27.2. The molecule has 132 valence electrons.